The Kier molecular flexibility index (Phi) is 5.40. The van der Waals surface area contributed by atoms with Crippen LogP contribution in [0.15, 0.2) is 34.4 Å². The van der Waals surface area contributed by atoms with E-state index in [0.717, 1.165) is 42.9 Å². The quantitative estimate of drug-likeness (QED) is 0.460. The molecule has 4 aromatic rings. The molecule has 33 heavy (non-hydrogen) atoms. The van der Waals surface area contributed by atoms with Gasteiger partial charge in [0.25, 0.3) is 5.56 Å². The van der Waals surface area contributed by atoms with Crippen molar-refractivity contribution in [2.75, 3.05) is 13.1 Å². The van der Waals surface area contributed by atoms with E-state index in [2.05, 4.69) is 24.9 Å². The molecule has 1 aromatic carbocycles. The molecule has 1 fully saturated rings. The van der Waals surface area contributed by atoms with Crippen LogP contribution >= 0.6 is 11.3 Å². The van der Waals surface area contributed by atoms with Gasteiger partial charge in [0, 0.05) is 29.9 Å². The standard InChI is InChI=1S/C25H27N5O2S/c1-15-8-7-9-21(17(15)3)30-16(2)12-20(27-30)23-18(4)26-25-29(24(23)32)19(14-33-25)13-22(31)28-10-5-6-11-28/h7-9,12,14H,5-6,10-11,13H2,1-4H3. The molecular formula is C25H27N5O2S. The predicted octanol–water partition coefficient (Wildman–Crippen LogP) is 4.01. The van der Waals surface area contributed by atoms with Crippen molar-refractivity contribution in [2.24, 2.45) is 0 Å². The molecule has 1 amide bonds. The van der Waals surface area contributed by atoms with E-state index in [1.807, 2.05) is 47.0 Å². The number of hydrogen-bond acceptors (Lipinski definition) is 5. The largest absolute Gasteiger partial charge is 0.342 e. The zero-order chi connectivity index (χ0) is 23.3. The number of amides is 1. The van der Waals surface area contributed by atoms with Crippen molar-refractivity contribution in [3.05, 3.63) is 68.2 Å². The maximum Gasteiger partial charge on any atom is 0.268 e. The molecule has 3 aromatic heterocycles. The lowest BCUT2D eigenvalue weighted by atomic mass is 10.1. The number of aromatic nitrogens is 4. The maximum atomic E-state index is 13.7. The molecule has 0 aliphatic carbocycles. The molecular weight excluding hydrogens is 434 g/mol. The molecule has 1 aliphatic heterocycles. The van der Waals surface area contributed by atoms with E-state index in [1.54, 1.807) is 4.40 Å². The lowest BCUT2D eigenvalue weighted by molar-refractivity contribution is -0.129. The average molecular weight is 462 g/mol. The van der Waals surface area contributed by atoms with Crippen molar-refractivity contribution in [2.45, 2.75) is 47.0 Å². The van der Waals surface area contributed by atoms with E-state index >= 15 is 0 Å². The summed E-state index contributed by atoms with van der Waals surface area (Å²) in [5.41, 5.74) is 6.52. The number of hydrogen-bond donors (Lipinski definition) is 0. The van der Waals surface area contributed by atoms with Gasteiger partial charge in [0.2, 0.25) is 5.91 Å². The van der Waals surface area contributed by atoms with Crippen LogP contribution in [-0.2, 0) is 11.2 Å². The molecule has 0 radical (unpaired) electrons. The molecule has 0 unspecified atom stereocenters. The highest BCUT2D eigenvalue weighted by atomic mass is 32.1. The van der Waals surface area contributed by atoms with E-state index in [0.29, 0.717) is 27.6 Å². The molecule has 0 atom stereocenters. The highest BCUT2D eigenvalue weighted by Crippen LogP contribution is 2.25. The van der Waals surface area contributed by atoms with Gasteiger partial charge in [0.05, 0.1) is 23.4 Å². The van der Waals surface area contributed by atoms with E-state index in [1.165, 1.54) is 16.9 Å². The number of nitrogens with zero attached hydrogens (tertiary/aromatic N) is 5. The van der Waals surface area contributed by atoms with Gasteiger partial charge in [-0.25, -0.2) is 9.67 Å². The van der Waals surface area contributed by atoms with Crippen molar-refractivity contribution in [3.8, 4) is 16.9 Å². The first-order valence-electron chi connectivity index (χ1n) is 11.3. The number of fused-ring (bicyclic) bond motifs is 1. The average Bonchev–Trinajstić information content (AvgIpc) is 3.51. The Morgan fingerprint density at radius 2 is 1.88 bits per heavy atom. The number of aryl methyl sites for hydroxylation is 3. The smallest absolute Gasteiger partial charge is 0.268 e. The van der Waals surface area contributed by atoms with E-state index < -0.39 is 0 Å². The summed E-state index contributed by atoms with van der Waals surface area (Å²) in [4.78, 5) is 33.6. The second-order valence-electron chi connectivity index (χ2n) is 8.79. The number of carbonyl (C=O) groups excluding carboxylic acids is 1. The summed E-state index contributed by atoms with van der Waals surface area (Å²) < 4.78 is 3.48. The highest BCUT2D eigenvalue weighted by molar-refractivity contribution is 7.15. The second kappa shape index (κ2) is 8.26. The minimum atomic E-state index is -0.173. The lowest BCUT2D eigenvalue weighted by Gasteiger charge is -2.14. The van der Waals surface area contributed by atoms with Crippen LogP contribution in [0.4, 0.5) is 0 Å². The Hall–Kier alpha value is -3.26. The SMILES string of the molecule is Cc1cccc(-n2nc(-c3c(C)nc4scc(CC(=O)N5CCCC5)n4c3=O)cc2C)c1C. The Balaban J connectivity index is 1.60. The third-order valence-electron chi connectivity index (χ3n) is 6.56. The van der Waals surface area contributed by atoms with Gasteiger partial charge in [-0.1, -0.05) is 12.1 Å². The molecule has 5 rings (SSSR count). The minimum absolute atomic E-state index is 0.0660. The first-order chi connectivity index (χ1) is 15.8. The summed E-state index contributed by atoms with van der Waals surface area (Å²) in [5, 5.41) is 6.69. The summed E-state index contributed by atoms with van der Waals surface area (Å²) in [6.07, 6.45) is 2.30. The summed E-state index contributed by atoms with van der Waals surface area (Å²) in [7, 11) is 0. The number of likely N-dealkylation sites (tertiary alicyclic amines) is 1. The first-order valence-corrected chi connectivity index (χ1v) is 12.1. The highest BCUT2D eigenvalue weighted by Gasteiger charge is 2.23. The van der Waals surface area contributed by atoms with Crippen molar-refractivity contribution in [3.63, 3.8) is 0 Å². The predicted molar refractivity (Wildman–Crippen MR) is 130 cm³/mol. The van der Waals surface area contributed by atoms with Gasteiger partial charge < -0.3 is 4.90 Å². The fourth-order valence-corrected chi connectivity index (χ4v) is 5.49. The topological polar surface area (TPSA) is 72.5 Å². The summed E-state index contributed by atoms with van der Waals surface area (Å²) in [6, 6.07) is 8.06. The normalized spacial score (nSPS) is 13.9. The van der Waals surface area contributed by atoms with Gasteiger partial charge in [-0.05, 0) is 63.8 Å². The molecule has 0 N–H and O–H groups in total. The number of thiazole rings is 1. The second-order valence-corrected chi connectivity index (χ2v) is 9.63. The molecule has 1 saturated heterocycles. The molecule has 0 spiro atoms. The third-order valence-corrected chi connectivity index (χ3v) is 7.43. The van der Waals surface area contributed by atoms with Crippen molar-refractivity contribution >= 4 is 22.2 Å². The molecule has 4 heterocycles. The summed E-state index contributed by atoms with van der Waals surface area (Å²) >= 11 is 1.39. The van der Waals surface area contributed by atoms with E-state index in [-0.39, 0.29) is 17.9 Å². The molecule has 1 aliphatic rings. The van der Waals surface area contributed by atoms with Crippen LogP contribution < -0.4 is 5.56 Å². The molecule has 8 heteroatoms. The van der Waals surface area contributed by atoms with Gasteiger partial charge in [-0.2, -0.15) is 5.10 Å². The van der Waals surface area contributed by atoms with Crippen LogP contribution in [0.2, 0.25) is 0 Å². The number of benzene rings is 1. The zero-order valence-corrected chi connectivity index (χ0v) is 20.2. The van der Waals surface area contributed by atoms with Crippen LogP contribution in [0.25, 0.3) is 21.9 Å². The van der Waals surface area contributed by atoms with Crippen molar-refractivity contribution < 1.29 is 4.79 Å². The molecule has 7 nitrogen and oxygen atoms in total. The van der Waals surface area contributed by atoms with Crippen LogP contribution in [-0.4, -0.2) is 43.1 Å². The van der Waals surface area contributed by atoms with Gasteiger partial charge in [0.15, 0.2) is 4.96 Å². The minimum Gasteiger partial charge on any atom is -0.342 e. The Morgan fingerprint density at radius 1 is 1.12 bits per heavy atom. The summed E-state index contributed by atoms with van der Waals surface area (Å²) in [5.74, 6) is 0.0660. The fourth-order valence-electron chi connectivity index (χ4n) is 4.56. The molecule has 0 bridgehead atoms. The summed E-state index contributed by atoms with van der Waals surface area (Å²) in [6.45, 7) is 9.59. The molecule has 0 saturated carbocycles. The van der Waals surface area contributed by atoms with E-state index in [4.69, 9.17) is 5.10 Å². The Bertz CT molecular complexity index is 1440. The number of carbonyl (C=O) groups is 1. The Labute approximate surface area is 196 Å². The van der Waals surface area contributed by atoms with Crippen LogP contribution in [0, 0.1) is 27.7 Å². The number of rotatable bonds is 4. The van der Waals surface area contributed by atoms with Gasteiger partial charge in [-0.3, -0.25) is 14.0 Å². The van der Waals surface area contributed by atoms with Crippen LogP contribution in [0.3, 0.4) is 0 Å². The monoisotopic (exact) mass is 461 g/mol. The molecule has 170 valence electrons. The van der Waals surface area contributed by atoms with Crippen molar-refractivity contribution in [1.29, 1.82) is 0 Å². The third kappa shape index (κ3) is 3.68. The van der Waals surface area contributed by atoms with Gasteiger partial charge >= 0.3 is 0 Å². The Morgan fingerprint density at radius 3 is 2.64 bits per heavy atom. The van der Waals surface area contributed by atoms with Gasteiger partial charge in [-0.15, -0.1) is 11.3 Å². The lowest BCUT2D eigenvalue weighted by Crippen LogP contribution is -2.30. The zero-order valence-electron chi connectivity index (χ0n) is 19.4. The fraction of sp³-hybridized carbons (Fsp3) is 0.360. The first kappa shape index (κ1) is 21.6. The van der Waals surface area contributed by atoms with Crippen molar-refractivity contribution in [1.82, 2.24) is 24.1 Å². The van der Waals surface area contributed by atoms with Crippen LogP contribution in [0.1, 0.15) is 41.1 Å². The van der Waals surface area contributed by atoms with Gasteiger partial charge in [0.1, 0.15) is 5.69 Å². The van der Waals surface area contributed by atoms with E-state index in [9.17, 15) is 9.59 Å². The van der Waals surface area contributed by atoms with Crippen LogP contribution in [0.5, 0.6) is 0 Å². The maximum absolute atomic E-state index is 13.7.